The molecule has 1 aliphatic rings. The van der Waals surface area contributed by atoms with E-state index in [0.29, 0.717) is 5.02 Å². The van der Waals surface area contributed by atoms with Crippen molar-refractivity contribution < 1.29 is 5.11 Å². The molecular weight excluding hydrogens is 403 g/mol. The molecule has 1 N–H and O–H groups in total. The van der Waals surface area contributed by atoms with Crippen LogP contribution in [0.15, 0.2) is 51.4 Å². The number of halogens is 3. The Bertz CT molecular complexity index is 697. The van der Waals surface area contributed by atoms with Gasteiger partial charge in [0.1, 0.15) is 0 Å². The van der Waals surface area contributed by atoms with Crippen molar-refractivity contribution in [2.75, 3.05) is 0 Å². The Morgan fingerprint density at radius 3 is 2.55 bits per heavy atom. The Labute approximate surface area is 139 Å². The summed E-state index contributed by atoms with van der Waals surface area (Å²) in [6.45, 7) is 0. The van der Waals surface area contributed by atoms with Crippen molar-refractivity contribution in [1.29, 1.82) is 0 Å². The Balaban J connectivity index is 2.05. The molecule has 0 bridgehead atoms. The lowest BCUT2D eigenvalue weighted by Crippen LogP contribution is -2.13. The summed E-state index contributed by atoms with van der Waals surface area (Å²) in [6, 6.07) is 11.6. The average Bonchev–Trinajstić information content (AvgIpc) is 2.41. The van der Waals surface area contributed by atoms with Gasteiger partial charge in [0.2, 0.25) is 0 Å². The normalized spacial score (nSPS) is 20.8. The topological polar surface area (TPSA) is 20.2 Å². The molecule has 3 rings (SSSR count). The number of benzene rings is 2. The second kappa shape index (κ2) is 5.64. The Morgan fingerprint density at radius 2 is 1.80 bits per heavy atom. The third-order valence-corrected chi connectivity index (χ3v) is 5.58. The van der Waals surface area contributed by atoms with Gasteiger partial charge in [0.15, 0.2) is 0 Å². The standard InChI is InChI=1S/C16H11Br2ClO/c17-14-7-10-4-5-12(9-2-1-3-11(19)6-9)16(20)13(10)8-15(14)18/h1-8,12,16,20H. The van der Waals surface area contributed by atoms with Crippen molar-refractivity contribution in [3.8, 4) is 0 Å². The summed E-state index contributed by atoms with van der Waals surface area (Å²) >= 11 is 13.0. The van der Waals surface area contributed by atoms with Crippen molar-refractivity contribution in [2.24, 2.45) is 0 Å². The molecule has 1 aliphatic carbocycles. The molecule has 2 aromatic rings. The van der Waals surface area contributed by atoms with Crippen LogP contribution in [0.2, 0.25) is 5.02 Å². The summed E-state index contributed by atoms with van der Waals surface area (Å²) in [6.07, 6.45) is 3.50. The first-order valence-corrected chi connectivity index (χ1v) is 8.13. The van der Waals surface area contributed by atoms with Gasteiger partial charge in [-0.2, -0.15) is 0 Å². The summed E-state index contributed by atoms with van der Waals surface area (Å²) < 4.78 is 1.92. The molecular formula is C16H11Br2ClO. The van der Waals surface area contributed by atoms with Crippen molar-refractivity contribution in [3.63, 3.8) is 0 Å². The number of hydrogen-bond acceptors (Lipinski definition) is 1. The van der Waals surface area contributed by atoms with Crippen LogP contribution in [0.25, 0.3) is 6.08 Å². The number of hydrogen-bond donors (Lipinski definition) is 1. The van der Waals surface area contributed by atoms with Crippen LogP contribution < -0.4 is 0 Å². The van der Waals surface area contributed by atoms with Crippen LogP contribution in [0.4, 0.5) is 0 Å². The minimum atomic E-state index is -0.571. The monoisotopic (exact) mass is 412 g/mol. The van der Waals surface area contributed by atoms with E-state index in [1.165, 1.54) is 0 Å². The van der Waals surface area contributed by atoms with E-state index in [4.69, 9.17) is 11.6 Å². The molecule has 0 amide bonds. The highest BCUT2D eigenvalue weighted by atomic mass is 79.9. The van der Waals surface area contributed by atoms with Crippen LogP contribution in [-0.4, -0.2) is 5.11 Å². The Kier molecular flexibility index (Phi) is 4.04. The van der Waals surface area contributed by atoms with Gasteiger partial charge in [0, 0.05) is 19.9 Å². The molecule has 1 nitrogen and oxygen atoms in total. The maximum absolute atomic E-state index is 10.7. The molecule has 0 saturated heterocycles. The maximum Gasteiger partial charge on any atom is 0.0899 e. The highest BCUT2D eigenvalue weighted by Crippen LogP contribution is 2.41. The summed E-state index contributed by atoms with van der Waals surface area (Å²) in [4.78, 5) is 0. The van der Waals surface area contributed by atoms with E-state index >= 15 is 0 Å². The average molecular weight is 415 g/mol. The molecule has 20 heavy (non-hydrogen) atoms. The fraction of sp³-hybridized carbons (Fsp3) is 0.125. The molecule has 0 aromatic heterocycles. The van der Waals surface area contributed by atoms with Crippen molar-refractivity contribution in [2.45, 2.75) is 12.0 Å². The van der Waals surface area contributed by atoms with E-state index in [1.807, 2.05) is 48.6 Å². The summed E-state index contributed by atoms with van der Waals surface area (Å²) in [5.41, 5.74) is 2.98. The van der Waals surface area contributed by atoms with Gasteiger partial charge in [-0.25, -0.2) is 0 Å². The molecule has 2 aromatic carbocycles. The van der Waals surface area contributed by atoms with Gasteiger partial charge in [-0.1, -0.05) is 35.9 Å². The number of rotatable bonds is 1. The number of aliphatic hydroxyl groups excluding tert-OH is 1. The van der Waals surface area contributed by atoms with Gasteiger partial charge in [0.25, 0.3) is 0 Å². The van der Waals surface area contributed by atoms with E-state index in [-0.39, 0.29) is 5.92 Å². The minimum Gasteiger partial charge on any atom is -0.387 e. The van der Waals surface area contributed by atoms with Gasteiger partial charge >= 0.3 is 0 Å². The van der Waals surface area contributed by atoms with E-state index in [2.05, 4.69) is 31.9 Å². The molecule has 2 atom stereocenters. The van der Waals surface area contributed by atoms with Crippen molar-refractivity contribution in [1.82, 2.24) is 0 Å². The molecule has 102 valence electrons. The van der Waals surface area contributed by atoms with Crippen LogP contribution in [0.5, 0.6) is 0 Å². The number of fused-ring (bicyclic) bond motifs is 1. The third kappa shape index (κ3) is 2.60. The lowest BCUT2D eigenvalue weighted by Gasteiger charge is -2.26. The molecule has 2 unspecified atom stereocenters. The zero-order valence-electron chi connectivity index (χ0n) is 10.4. The van der Waals surface area contributed by atoms with Crippen LogP contribution in [0, 0.1) is 0 Å². The highest BCUT2D eigenvalue weighted by Gasteiger charge is 2.26. The fourth-order valence-corrected chi connectivity index (χ4v) is 3.41. The predicted octanol–water partition coefficient (Wildman–Crippen LogP) is 5.71. The second-order valence-corrected chi connectivity index (χ2v) is 6.93. The van der Waals surface area contributed by atoms with Gasteiger partial charge in [-0.3, -0.25) is 0 Å². The summed E-state index contributed by atoms with van der Waals surface area (Å²) in [5.74, 6) is -0.0747. The molecule has 0 aliphatic heterocycles. The third-order valence-electron chi connectivity index (χ3n) is 3.50. The van der Waals surface area contributed by atoms with E-state index < -0.39 is 6.10 Å². The molecule has 0 radical (unpaired) electrons. The highest BCUT2D eigenvalue weighted by molar-refractivity contribution is 9.13. The SMILES string of the molecule is OC1c2cc(Br)c(Br)cc2C=CC1c1cccc(Cl)c1. The molecule has 0 spiro atoms. The summed E-state index contributed by atoms with van der Waals surface area (Å²) in [5, 5.41) is 11.3. The van der Waals surface area contributed by atoms with Gasteiger partial charge in [0.05, 0.1) is 6.10 Å². The summed E-state index contributed by atoms with van der Waals surface area (Å²) in [7, 11) is 0. The van der Waals surface area contributed by atoms with E-state index in [9.17, 15) is 5.11 Å². The zero-order chi connectivity index (χ0) is 14.3. The molecule has 4 heteroatoms. The fourth-order valence-electron chi connectivity index (χ4n) is 2.49. The largest absolute Gasteiger partial charge is 0.387 e. The van der Waals surface area contributed by atoms with Crippen LogP contribution in [0.1, 0.15) is 28.7 Å². The van der Waals surface area contributed by atoms with E-state index in [1.54, 1.807) is 0 Å². The quantitative estimate of drug-likeness (QED) is 0.634. The van der Waals surface area contributed by atoms with Gasteiger partial charge in [-0.15, -0.1) is 0 Å². The van der Waals surface area contributed by atoms with Gasteiger partial charge < -0.3 is 5.11 Å². The van der Waals surface area contributed by atoms with Crippen molar-refractivity contribution in [3.05, 3.63) is 73.1 Å². The Morgan fingerprint density at radius 1 is 1.05 bits per heavy atom. The number of aliphatic hydroxyl groups is 1. The first-order chi connectivity index (χ1) is 9.56. The Hall–Kier alpha value is -0.610. The zero-order valence-corrected chi connectivity index (χ0v) is 14.3. The molecule has 0 saturated carbocycles. The first-order valence-electron chi connectivity index (χ1n) is 6.17. The van der Waals surface area contributed by atoms with Crippen molar-refractivity contribution >= 4 is 49.5 Å². The first kappa shape index (κ1) is 14.3. The lowest BCUT2D eigenvalue weighted by atomic mass is 9.83. The van der Waals surface area contributed by atoms with E-state index in [0.717, 1.165) is 25.6 Å². The lowest BCUT2D eigenvalue weighted by molar-refractivity contribution is 0.160. The molecule has 0 fully saturated rings. The maximum atomic E-state index is 10.7. The predicted molar refractivity (Wildman–Crippen MR) is 90.0 cm³/mol. The smallest absolute Gasteiger partial charge is 0.0899 e. The van der Waals surface area contributed by atoms with Crippen LogP contribution >= 0.6 is 43.5 Å². The minimum absolute atomic E-state index is 0.0747. The van der Waals surface area contributed by atoms with Gasteiger partial charge in [-0.05, 0) is 72.8 Å². The van der Waals surface area contributed by atoms with Crippen LogP contribution in [0.3, 0.4) is 0 Å². The second-order valence-electron chi connectivity index (χ2n) is 4.78. The van der Waals surface area contributed by atoms with Crippen LogP contribution in [-0.2, 0) is 0 Å². The molecule has 0 heterocycles.